The van der Waals surface area contributed by atoms with Crippen LogP contribution in [-0.2, 0) is 17.8 Å². The maximum absolute atomic E-state index is 12.7. The fraction of sp³-hybridized carbons (Fsp3) is 0.241. The molecule has 6 rings (SSSR count). The van der Waals surface area contributed by atoms with Crippen molar-refractivity contribution in [2.45, 2.75) is 19.9 Å². The molecule has 0 aliphatic carbocycles. The summed E-state index contributed by atoms with van der Waals surface area (Å²) in [6, 6.07) is 11.9. The van der Waals surface area contributed by atoms with Gasteiger partial charge in [-0.3, -0.25) is 9.89 Å². The summed E-state index contributed by atoms with van der Waals surface area (Å²) in [4.78, 5) is 27.9. The molecule has 0 saturated heterocycles. The van der Waals surface area contributed by atoms with Gasteiger partial charge in [0, 0.05) is 35.1 Å². The molecule has 4 heterocycles. The van der Waals surface area contributed by atoms with E-state index in [1.807, 2.05) is 67.2 Å². The van der Waals surface area contributed by atoms with Crippen LogP contribution < -0.4 is 10.1 Å². The number of carbonyl (C=O) groups excluding carboxylic acids is 1. The van der Waals surface area contributed by atoms with Crippen molar-refractivity contribution in [3.8, 4) is 11.5 Å². The molecule has 0 fully saturated rings. The van der Waals surface area contributed by atoms with Crippen molar-refractivity contribution in [3.05, 3.63) is 77.1 Å². The third kappa shape index (κ3) is 5.21. The van der Waals surface area contributed by atoms with Crippen molar-refractivity contribution in [2.24, 2.45) is 0 Å². The first-order chi connectivity index (χ1) is 18.9. The molecule has 0 radical (unpaired) electrons. The first kappa shape index (κ1) is 25.0. The second-order valence-corrected chi connectivity index (χ2v) is 11.0. The topological polar surface area (TPSA) is 99.3 Å². The smallest absolute Gasteiger partial charge is 0.246 e. The minimum atomic E-state index is 0.0480. The molecule has 1 amide bonds. The molecule has 10 heteroatoms. The average Bonchev–Trinajstić information content (AvgIpc) is 3.54. The van der Waals surface area contributed by atoms with E-state index in [0.29, 0.717) is 13.1 Å². The molecule has 0 bridgehead atoms. The van der Waals surface area contributed by atoms with E-state index in [1.54, 1.807) is 29.9 Å². The predicted octanol–water partition coefficient (Wildman–Crippen LogP) is 5.41. The number of hydrogen-bond donors (Lipinski definition) is 2. The number of aromatic amines is 1. The van der Waals surface area contributed by atoms with Crippen LogP contribution in [0.25, 0.3) is 21.1 Å². The molecular weight excluding hydrogens is 510 g/mol. The fourth-order valence-electron chi connectivity index (χ4n) is 4.77. The zero-order valence-corrected chi connectivity index (χ0v) is 22.9. The maximum atomic E-state index is 12.7. The lowest BCUT2D eigenvalue weighted by Gasteiger charge is -2.26. The highest BCUT2D eigenvalue weighted by molar-refractivity contribution is 7.19. The quantitative estimate of drug-likeness (QED) is 0.267. The van der Waals surface area contributed by atoms with Crippen molar-refractivity contribution in [1.29, 1.82) is 0 Å². The molecule has 2 N–H and O–H groups in total. The number of anilines is 2. The molecule has 1 aliphatic rings. The van der Waals surface area contributed by atoms with Gasteiger partial charge in [-0.1, -0.05) is 6.08 Å². The van der Waals surface area contributed by atoms with Crippen molar-refractivity contribution >= 4 is 49.9 Å². The van der Waals surface area contributed by atoms with Crippen LogP contribution in [0.15, 0.2) is 61.1 Å². The number of thiophene rings is 1. The number of rotatable bonds is 7. The number of nitrogens with zero attached hydrogens (tertiary/aromatic N) is 5. The summed E-state index contributed by atoms with van der Waals surface area (Å²) in [7, 11) is 3.97. The summed E-state index contributed by atoms with van der Waals surface area (Å²) in [6.45, 7) is 4.04. The lowest BCUT2D eigenvalue weighted by molar-refractivity contribution is -0.126. The van der Waals surface area contributed by atoms with Gasteiger partial charge in [0.2, 0.25) is 5.91 Å². The Kier molecular flexibility index (Phi) is 6.72. The second kappa shape index (κ2) is 10.5. The number of aryl methyl sites for hydroxylation is 1. The molecule has 0 unspecified atom stereocenters. The number of H-pyrrole nitrogens is 1. The number of benzene rings is 2. The Bertz CT molecular complexity index is 1700. The summed E-state index contributed by atoms with van der Waals surface area (Å²) in [6.07, 6.45) is 7.74. The predicted molar refractivity (Wildman–Crippen MR) is 155 cm³/mol. The summed E-state index contributed by atoms with van der Waals surface area (Å²) in [5.74, 6) is 2.37. The Morgan fingerprint density at radius 1 is 1.23 bits per heavy atom. The van der Waals surface area contributed by atoms with Crippen molar-refractivity contribution in [3.63, 3.8) is 0 Å². The first-order valence-electron chi connectivity index (χ1n) is 12.8. The number of fused-ring (bicyclic) bond motifs is 4. The summed E-state index contributed by atoms with van der Waals surface area (Å²) in [5, 5.41) is 12.6. The van der Waals surface area contributed by atoms with Crippen LogP contribution in [0.5, 0.6) is 11.5 Å². The maximum Gasteiger partial charge on any atom is 0.246 e. The van der Waals surface area contributed by atoms with Gasteiger partial charge in [0.15, 0.2) is 0 Å². The number of likely N-dealkylation sites (N-methyl/N-ethyl adjacent to an activating group) is 1. The van der Waals surface area contributed by atoms with Gasteiger partial charge in [-0.15, -0.1) is 11.3 Å². The van der Waals surface area contributed by atoms with Crippen LogP contribution >= 0.6 is 11.3 Å². The molecule has 3 aromatic heterocycles. The SMILES string of the molecule is Cc1cc(Nc2ncnc3sc4c(c23)CCN(C(=O)/C=C/CN(C)C)C4)ccc1Oc1ccc2[nH]ncc2c1. The average molecular weight is 540 g/mol. The molecule has 1 aliphatic heterocycles. The molecule has 9 nitrogen and oxygen atoms in total. The van der Waals surface area contributed by atoms with Crippen LogP contribution in [0.2, 0.25) is 0 Å². The van der Waals surface area contributed by atoms with E-state index in [9.17, 15) is 4.79 Å². The number of hydrogen-bond acceptors (Lipinski definition) is 8. The van der Waals surface area contributed by atoms with Crippen LogP contribution in [0.1, 0.15) is 16.0 Å². The van der Waals surface area contributed by atoms with Crippen LogP contribution in [0.4, 0.5) is 11.5 Å². The van der Waals surface area contributed by atoms with Crippen LogP contribution in [0, 0.1) is 6.92 Å². The van der Waals surface area contributed by atoms with E-state index in [4.69, 9.17) is 4.74 Å². The van der Waals surface area contributed by atoms with Gasteiger partial charge < -0.3 is 19.9 Å². The van der Waals surface area contributed by atoms with Gasteiger partial charge in [0.1, 0.15) is 28.5 Å². The number of nitrogens with one attached hydrogen (secondary N) is 2. The minimum absolute atomic E-state index is 0.0480. The van der Waals surface area contributed by atoms with E-state index in [1.165, 1.54) is 10.4 Å². The molecule has 198 valence electrons. The number of carbonyl (C=O) groups is 1. The number of amides is 1. The lowest BCUT2D eigenvalue weighted by atomic mass is 10.0. The van der Waals surface area contributed by atoms with Gasteiger partial charge in [-0.05, 0) is 75.0 Å². The van der Waals surface area contributed by atoms with Gasteiger partial charge in [0.25, 0.3) is 0 Å². The molecule has 0 saturated carbocycles. The van der Waals surface area contributed by atoms with Crippen molar-refractivity contribution in [1.82, 2.24) is 30.0 Å². The van der Waals surface area contributed by atoms with Gasteiger partial charge in [0.05, 0.1) is 23.6 Å². The standard InChI is InChI=1S/C29H29N7O2S/c1-18-13-20(6-9-24(18)38-21-7-8-23-19(14-21)15-32-34-23)33-28-27-22-10-12-36(26(37)5-4-11-35(2)3)16-25(22)39-29(27)31-17-30-28/h4-9,13-15,17H,10-12,16H2,1-3H3,(H,32,34)(H,30,31,33)/b5-4+. The summed E-state index contributed by atoms with van der Waals surface area (Å²) in [5.41, 5.74) is 4.12. The second-order valence-electron chi connectivity index (χ2n) is 9.91. The monoisotopic (exact) mass is 539 g/mol. The highest BCUT2D eigenvalue weighted by Gasteiger charge is 2.25. The van der Waals surface area contributed by atoms with Crippen molar-refractivity contribution in [2.75, 3.05) is 32.5 Å². The normalized spacial score (nSPS) is 13.5. The lowest BCUT2D eigenvalue weighted by Crippen LogP contribution is -2.34. The zero-order chi connectivity index (χ0) is 26.9. The van der Waals surface area contributed by atoms with Gasteiger partial charge >= 0.3 is 0 Å². The van der Waals surface area contributed by atoms with Gasteiger partial charge in [-0.25, -0.2) is 9.97 Å². The van der Waals surface area contributed by atoms with E-state index in [0.717, 1.165) is 62.7 Å². The largest absolute Gasteiger partial charge is 0.457 e. The Hall–Kier alpha value is -4.28. The summed E-state index contributed by atoms with van der Waals surface area (Å²) < 4.78 is 6.16. The van der Waals surface area contributed by atoms with Crippen LogP contribution in [-0.4, -0.2) is 63.1 Å². The minimum Gasteiger partial charge on any atom is -0.457 e. The Morgan fingerprint density at radius 2 is 2.13 bits per heavy atom. The molecule has 2 aromatic carbocycles. The Balaban J connectivity index is 1.20. The highest BCUT2D eigenvalue weighted by atomic mass is 32.1. The van der Waals surface area contributed by atoms with E-state index in [-0.39, 0.29) is 5.91 Å². The molecule has 5 aromatic rings. The first-order valence-corrected chi connectivity index (χ1v) is 13.6. The molecule has 0 atom stereocenters. The third-order valence-corrected chi connectivity index (χ3v) is 7.88. The fourth-order valence-corrected chi connectivity index (χ4v) is 5.97. The van der Waals surface area contributed by atoms with Crippen LogP contribution in [0.3, 0.4) is 0 Å². The number of aromatic nitrogens is 4. The van der Waals surface area contributed by atoms with E-state index in [2.05, 4.69) is 31.5 Å². The third-order valence-electron chi connectivity index (χ3n) is 6.76. The van der Waals surface area contributed by atoms with E-state index < -0.39 is 0 Å². The molecular formula is C29H29N7O2S. The Morgan fingerprint density at radius 3 is 2.97 bits per heavy atom. The van der Waals surface area contributed by atoms with E-state index >= 15 is 0 Å². The number of ether oxygens (including phenoxy) is 1. The van der Waals surface area contributed by atoms with Gasteiger partial charge in [-0.2, -0.15) is 5.10 Å². The Labute approximate surface area is 230 Å². The molecule has 0 spiro atoms. The molecule has 39 heavy (non-hydrogen) atoms. The zero-order valence-electron chi connectivity index (χ0n) is 22.1. The van der Waals surface area contributed by atoms with Crippen molar-refractivity contribution < 1.29 is 9.53 Å². The highest BCUT2D eigenvalue weighted by Crippen LogP contribution is 2.38. The summed E-state index contributed by atoms with van der Waals surface area (Å²) >= 11 is 1.64.